The van der Waals surface area contributed by atoms with Gasteiger partial charge in [0.15, 0.2) is 0 Å². The number of benzene rings is 1. The van der Waals surface area contributed by atoms with Gasteiger partial charge >= 0.3 is 0 Å². The Morgan fingerprint density at radius 1 is 1.35 bits per heavy atom. The zero-order valence-electron chi connectivity index (χ0n) is 11.5. The minimum atomic E-state index is 0.595. The molecule has 0 bridgehead atoms. The quantitative estimate of drug-likeness (QED) is 0.650. The molecule has 2 rings (SSSR count). The number of rotatable bonds is 4. The molecule has 0 radical (unpaired) electrons. The number of hydrazine groups is 1. The third-order valence-electron chi connectivity index (χ3n) is 3.12. The van der Waals surface area contributed by atoms with E-state index in [2.05, 4.69) is 21.5 Å². The Balaban J connectivity index is 2.54. The first-order valence-corrected chi connectivity index (χ1v) is 6.26. The van der Waals surface area contributed by atoms with E-state index < -0.39 is 0 Å². The summed E-state index contributed by atoms with van der Waals surface area (Å²) in [6, 6.07) is 9.58. The molecule has 1 aromatic heterocycles. The van der Waals surface area contributed by atoms with Crippen LogP contribution in [0, 0.1) is 11.3 Å². The van der Waals surface area contributed by atoms with Crippen molar-refractivity contribution < 1.29 is 0 Å². The Morgan fingerprint density at radius 2 is 2.10 bits per heavy atom. The minimum Gasteiger partial charge on any atom is -0.328 e. The number of nitrogens with two attached hydrogens (primary N) is 1. The van der Waals surface area contributed by atoms with E-state index >= 15 is 0 Å². The van der Waals surface area contributed by atoms with Gasteiger partial charge in [0, 0.05) is 12.6 Å². The summed E-state index contributed by atoms with van der Waals surface area (Å²) in [5, 5.41) is 9.20. The van der Waals surface area contributed by atoms with Crippen LogP contribution in [0.1, 0.15) is 18.1 Å². The van der Waals surface area contributed by atoms with Gasteiger partial charge in [-0.25, -0.2) is 15.8 Å². The fourth-order valence-electron chi connectivity index (χ4n) is 2.12. The number of nitrogens with one attached hydrogen (secondary N) is 1. The highest BCUT2D eigenvalue weighted by atomic mass is 15.3. The Morgan fingerprint density at radius 3 is 2.75 bits per heavy atom. The van der Waals surface area contributed by atoms with E-state index in [1.165, 1.54) is 6.33 Å². The van der Waals surface area contributed by atoms with Crippen LogP contribution < -0.4 is 16.2 Å². The van der Waals surface area contributed by atoms with Crippen LogP contribution in [0.5, 0.6) is 0 Å². The van der Waals surface area contributed by atoms with Gasteiger partial charge in [-0.1, -0.05) is 19.1 Å². The lowest BCUT2D eigenvalue weighted by molar-refractivity contribution is 0.993. The molecule has 0 saturated carbocycles. The van der Waals surface area contributed by atoms with E-state index in [9.17, 15) is 5.26 Å². The van der Waals surface area contributed by atoms with Crippen molar-refractivity contribution in [1.29, 1.82) is 5.26 Å². The second kappa shape index (κ2) is 5.99. The first-order valence-electron chi connectivity index (χ1n) is 6.26. The first kappa shape index (κ1) is 13.8. The van der Waals surface area contributed by atoms with Gasteiger partial charge in [-0.15, -0.1) is 0 Å². The molecule has 0 unspecified atom stereocenters. The summed E-state index contributed by atoms with van der Waals surface area (Å²) in [4.78, 5) is 10.3. The summed E-state index contributed by atoms with van der Waals surface area (Å²) in [6.07, 6.45) is 2.18. The maximum absolute atomic E-state index is 9.20. The van der Waals surface area contributed by atoms with Crippen LogP contribution in [0.15, 0.2) is 30.6 Å². The van der Waals surface area contributed by atoms with Crippen molar-refractivity contribution in [3.63, 3.8) is 0 Å². The lowest BCUT2D eigenvalue weighted by Gasteiger charge is -2.22. The summed E-state index contributed by atoms with van der Waals surface area (Å²) in [5.74, 6) is 6.81. The minimum absolute atomic E-state index is 0.595. The van der Waals surface area contributed by atoms with Gasteiger partial charge in [-0.2, -0.15) is 5.26 Å². The van der Waals surface area contributed by atoms with Gasteiger partial charge in [0.05, 0.1) is 11.3 Å². The van der Waals surface area contributed by atoms with E-state index in [1.807, 2.05) is 37.1 Å². The molecule has 102 valence electrons. The predicted molar refractivity (Wildman–Crippen MR) is 78.4 cm³/mol. The molecule has 1 heterocycles. The first-order chi connectivity index (χ1) is 9.72. The van der Waals surface area contributed by atoms with Crippen molar-refractivity contribution >= 4 is 17.3 Å². The Kier molecular flexibility index (Phi) is 4.13. The maximum Gasteiger partial charge on any atom is 0.148 e. The Hall–Kier alpha value is -2.65. The molecule has 20 heavy (non-hydrogen) atoms. The molecule has 0 fully saturated rings. The van der Waals surface area contributed by atoms with E-state index in [1.54, 1.807) is 6.07 Å². The van der Waals surface area contributed by atoms with Crippen molar-refractivity contribution in [3.8, 4) is 6.07 Å². The summed E-state index contributed by atoms with van der Waals surface area (Å²) in [7, 11) is 1.87. The van der Waals surface area contributed by atoms with Crippen LogP contribution in [0.3, 0.4) is 0 Å². The summed E-state index contributed by atoms with van der Waals surface area (Å²) >= 11 is 0. The van der Waals surface area contributed by atoms with Crippen molar-refractivity contribution in [2.45, 2.75) is 13.3 Å². The molecule has 0 aliphatic rings. The average Bonchev–Trinajstić information content (AvgIpc) is 2.53. The number of aromatic nitrogens is 2. The zero-order chi connectivity index (χ0) is 14.5. The van der Waals surface area contributed by atoms with E-state index in [4.69, 9.17) is 5.84 Å². The molecule has 0 spiro atoms. The van der Waals surface area contributed by atoms with E-state index in [0.29, 0.717) is 11.4 Å². The Labute approximate surface area is 117 Å². The fraction of sp³-hybridized carbons (Fsp3) is 0.214. The number of para-hydroxylation sites is 1. The predicted octanol–water partition coefficient (Wildman–Crippen LogP) is 1.96. The summed E-state index contributed by atoms with van der Waals surface area (Å²) in [6.45, 7) is 2.01. The zero-order valence-corrected chi connectivity index (χ0v) is 11.5. The molecule has 6 nitrogen and oxygen atoms in total. The average molecular weight is 268 g/mol. The molecule has 0 aliphatic heterocycles. The topological polar surface area (TPSA) is 90.9 Å². The molecular weight excluding hydrogens is 252 g/mol. The van der Waals surface area contributed by atoms with Crippen molar-refractivity contribution in [1.82, 2.24) is 9.97 Å². The van der Waals surface area contributed by atoms with Crippen molar-refractivity contribution in [2.24, 2.45) is 5.84 Å². The largest absolute Gasteiger partial charge is 0.328 e. The summed E-state index contributed by atoms with van der Waals surface area (Å²) in [5.41, 5.74) is 4.88. The Bertz CT molecular complexity index is 646. The van der Waals surface area contributed by atoms with Crippen LogP contribution in [0.25, 0.3) is 0 Å². The number of nitrogens with zero attached hydrogens (tertiary/aromatic N) is 4. The number of hydrogen-bond donors (Lipinski definition) is 2. The SMILES string of the molecule is CCc1c(NN)ncnc1N(C)c1ccccc1C#N. The van der Waals surface area contributed by atoms with Crippen molar-refractivity contribution in [2.75, 3.05) is 17.4 Å². The van der Waals surface area contributed by atoms with E-state index in [0.717, 1.165) is 23.5 Å². The number of nitriles is 1. The van der Waals surface area contributed by atoms with Crippen LogP contribution in [0.2, 0.25) is 0 Å². The number of nitrogen functional groups attached to an aromatic ring is 1. The van der Waals surface area contributed by atoms with E-state index in [-0.39, 0.29) is 0 Å². The van der Waals surface area contributed by atoms with Gasteiger partial charge in [-0.3, -0.25) is 0 Å². The van der Waals surface area contributed by atoms with Gasteiger partial charge in [0.25, 0.3) is 0 Å². The van der Waals surface area contributed by atoms with Gasteiger partial charge in [-0.05, 0) is 18.6 Å². The third-order valence-corrected chi connectivity index (χ3v) is 3.12. The second-order valence-corrected chi connectivity index (χ2v) is 4.21. The van der Waals surface area contributed by atoms with Crippen LogP contribution >= 0.6 is 0 Å². The molecule has 2 aromatic rings. The molecule has 0 amide bonds. The standard InChI is InChI=1S/C14H16N6/c1-3-11-13(19-16)17-9-18-14(11)20(2)12-7-5-4-6-10(12)8-15/h4-7,9H,3,16H2,1-2H3,(H,17,18,19). The van der Waals surface area contributed by atoms with Crippen LogP contribution in [0.4, 0.5) is 17.3 Å². The van der Waals surface area contributed by atoms with Crippen molar-refractivity contribution in [3.05, 3.63) is 41.7 Å². The highest BCUT2D eigenvalue weighted by Crippen LogP contribution is 2.30. The lowest BCUT2D eigenvalue weighted by atomic mass is 10.1. The fourth-order valence-corrected chi connectivity index (χ4v) is 2.12. The third kappa shape index (κ3) is 2.39. The number of anilines is 3. The molecule has 3 N–H and O–H groups in total. The maximum atomic E-state index is 9.20. The molecule has 0 aliphatic carbocycles. The molecule has 1 aromatic carbocycles. The second-order valence-electron chi connectivity index (χ2n) is 4.21. The molecule has 0 atom stereocenters. The monoisotopic (exact) mass is 268 g/mol. The normalized spacial score (nSPS) is 9.90. The number of hydrogen-bond acceptors (Lipinski definition) is 6. The molecule has 6 heteroatoms. The van der Waals surface area contributed by atoms with Gasteiger partial charge in [0.1, 0.15) is 24.0 Å². The van der Waals surface area contributed by atoms with Gasteiger partial charge in [0.2, 0.25) is 0 Å². The lowest BCUT2D eigenvalue weighted by Crippen LogP contribution is -2.18. The summed E-state index contributed by atoms with van der Waals surface area (Å²) < 4.78 is 0. The van der Waals surface area contributed by atoms with Crippen LogP contribution in [-0.4, -0.2) is 17.0 Å². The van der Waals surface area contributed by atoms with Crippen LogP contribution in [-0.2, 0) is 6.42 Å². The highest BCUT2D eigenvalue weighted by Gasteiger charge is 2.16. The molecule has 0 saturated heterocycles. The highest BCUT2D eigenvalue weighted by molar-refractivity contribution is 5.70. The smallest absolute Gasteiger partial charge is 0.148 e. The molecular formula is C14H16N6. The van der Waals surface area contributed by atoms with Gasteiger partial charge < -0.3 is 10.3 Å².